The highest BCUT2D eigenvalue weighted by Gasteiger charge is 2.23. The van der Waals surface area contributed by atoms with E-state index in [0.717, 1.165) is 5.56 Å². The van der Waals surface area contributed by atoms with Crippen molar-refractivity contribution in [2.45, 2.75) is 25.9 Å². The van der Waals surface area contributed by atoms with Crippen LogP contribution < -0.4 is 15.4 Å². The molecule has 0 aliphatic carbocycles. The topological polar surface area (TPSA) is 106 Å². The van der Waals surface area contributed by atoms with E-state index < -0.39 is 6.10 Å². The van der Waals surface area contributed by atoms with Crippen LogP contribution >= 0.6 is 11.3 Å². The monoisotopic (exact) mass is 384 g/mol. The number of thiophene rings is 1. The number of amides is 2. The van der Waals surface area contributed by atoms with Crippen LogP contribution in [-0.2, 0) is 16.0 Å². The Morgan fingerprint density at radius 3 is 3.04 bits per heavy atom. The van der Waals surface area contributed by atoms with Crippen molar-refractivity contribution >= 4 is 34.5 Å². The Balaban J connectivity index is 1.35. The second kappa shape index (κ2) is 7.20. The highest BCUT2D eigenvalue weighted by atomic mass is 32.1. The molecule has 9 heteroatoms. The summed E-state index contributed by atoms with van der Waals surface area (Å²) in [5, 5.41) is 17.3. The van der Waals surface area contributed by atoms with E-state index in [4.69, 9.17) is 9.15 Å². The van der Waals surface area contributed by atoms with E-state index in [9.17, 15) is 9.59 Å². The number of aryl methyl sites for hydroxylation is 1. The number of fused-ring (bicyclic) bond motifs is 1. The van der Waals surface area contributed by atoms with Crippen molar-refractivity contribution in [1.29, 1.82) is 0 Å². The van der Waals surface area contributed by atoms with Gasteiger partial charge in [0.2, 0.25) is 17.7 Å². The highest BCUT2D eigenvalue weighted by Crippen LogP contribution is 2.32. The Hall–Kier alpha value is -3.20. The molecule has 1 aliphatic rings. The summed E-state index contributed by atoms with van der Waals surface area (Å²) in [6.07, 6.45) is -0.000577. The smallest absolute Gasteiger partial charge is 0.265 e. The maximum Gasteiger partial charge on any atom is 0.265 e. The first-order valence-electron chi connectivity index (χ1n) is 8.35. The zero-order valence-electron chi connectivity index (χ0n) is 14.4. The molecular weight excluding hydrogens is 368 g/mol. The molecule has 2 aromatic heterocycles. The van der Waals surface area contributed by atoms with Crippen LogP contribution in [0.2, 0.25) is 0 Å². The summed E-state index contributed by atoms with van der Waals surface area (Å²) in [4.78, 5) is 23.9. The van der Waals surface area contributed by atoms with Gasteiger partial charge < -0.3 is 19.8 Å². The zero-order valence-corrected chi connectivity index (χ0v) is 15.2. The van der Waals surface area contributed by atoms with Gasteiger partial charge in [-0.2, -0.15) is 11.3 Å². The van der Waals surface area contributed by atoms with Crippen LogP contribution in [0.1, 0.15) is 19.2 Å². The van der Waals surface area contributed by atoms with E-state index in [-0.39, 0.29) is 18.2 Å². The molecule has 1 aromatic carbocycles. The van der Waals surface area contributed by atoms with Crippen LogP contribution in [-0.4, -0.2) is 28.1 Å². The number of benzene rings is 1. The fourth-order valence-electron chi connectivity index (χ4n) is 2.59. The number of nitrogens with one attached hydrogen (secondary N) is 2. The minimum absolute atomic E-state index is 0.193. The van der Waals surface area contributed by atoms with Crippen molar-refractivity contribution in [3.63, 3.8) is 0 Å². The maximum absolute atomic E-state index is 12.2. The molecule has 2 N–H and O–H groups in total. The summed E-state index contributed by atoms with van der Waals surface area (Å²) in [5.41, 5.74) is 1.98. The van der Waals surface area contributed by atoms with Gasteiger partial charge >= 0.3 is 0 Å². The maximum atomic E-state index is 12.2. The van der Waals surface area contributed by atoms with E-state index in [1.54, 1.807) is 36.5 Å². The lowest BCUT2D eigenvalue weighted by atomic mass is 10.2. The van der Waals surface area contributed by atoms with Gasteiger partial charge in [0.05, 0.1) is 5.69 Å². The summed E-state index contributed by atoms with van der Waals surface area (Å²) in [6, 6.07) is 7.00. The number of hydrogen-bond acceptors (Lipinski definition) is 7. The number of hydrogen-bond donors (Lipinski definition) is 2. The summed E-state index contributed by atoms with van der Waals surface area (Å²) >= 11 is 1.55. The molecule has 2 amide bonds. The molecule has 1 unspecified atom stereocenters. The van der Waals surface area contributed by atoms with Gasteiger partial charge in [-0.05, 0) is 36.6 Å². The number of aromatic nitrogens is 2. The van der Waals surface area contributed by atoms with Gasteiger partial charge in [-0.15, -0.1) is 10.2 Å². The Bertz CT molecular complexity index is 983. The van der Waals surface area contributed by atoms with Crippen LogP contribution in [0.5, 0.6) is 5.75 Å². The van der Waals surface area contributed by atoms with E-state index in [1.165, 1.54) is 0 Å². The highest BCUT2D eigenvalue weighted by molar-refractivity contribution is 7.08. The molecular formula is C18H16N4O4S. The average molecular weight is 384 g/mol. The van der Waals surface area contributed by atoms with Gasteiger partial charge in [-0.3, -0.25) is 9.59 Å². The molecule has 0 spiro atoms. The molecule has 8 nitrogen and oxygen atoms in total. The van der Waals surface area contributed by atoms with E-state index in [1.807, 2.05) is 16.8 Å². The summed E-state index contributed by atoms with van der Waals surface area (Å²) in [6.45, 7) is 1.68. The minimum Gasteiger partial charge on any atom is -0.479 e. The SMILES string of the molecule is CC1Oc2ccc(NC(=O)CCc3nnc(-c4ccsc4)o3)cc2NC1=O. The first-order chi connectivity index (χ1) is 13.1. The standard InChI is InChI=1S/C18H16N4O4S/c1-10-17(24)20-13-8-12(2-3-14(13)25-10)19-15(23)4-5-16-21-22-18(26-16)11-6-7-27-9-11/h2-3,6-10H,4-5H2,1H3,(H,19,23)(H,20,24). The molecule has 1 atom stereocenters. The predicted octanol–water partition coefficient (Wildman–Crippen LogP) is 3.09. The molecule has 4 rings (SSSR count). The van der Waals surface area contributed by atoms with Crippen molar-refractivity contribution in [3.8, 4) is 17.2 Å². The second-order valence-electron chi connectivity index (χ2n) is 6.02. The number of ether oxygens (including phenoxy) is 1. The minimum atomic E-state index is -0.536. The third-order valence-electron chi connectivity index (χ3n) is 4.00. The molecule has 0 saturated carbocycles. The number of nitrogens with zero attached hydrogens (tertiary/aromatic N) is 2. The molecule has 0 saturated heterocycles. The van der Waals surface area contributed by atoms with Crippen LogP contribution in [0.25, 0.3) is 11.5 Å². The van der Waals surface area contributed by atoms with Gasteiger partial charge in [-0.25, -0.2) is 0 Å². The van der Waals surface area contributed by atoms with Crippen molar-refractivity contribution < 1.29 is 18.7 Å². The summed E-state index contributed by atoms with van der Waals surface area (Å²) in [7, 11) is 0. The van der Waals surface area contributed by atoms with Crippen molar-refractivity contribution in [2.24, 2.45) is 0 Å². The summed E-state index contributed by atoms with van der Waals surface area (Å²) in [5.74, 6) is 1.02. The van der Waals surface area contributed by atoms with E-state index in [0.29, 0.717) is 35.3 Å². The Morgan fingerprint density at radius 1 is 1.33 bits per heavy atom. The third-order valence-corrected chi connectivity index (χ3v) is 4.68. The van der Waals surface area contributed by atoms with Crippen LogP contribution in [0.3, 0.4) is 0 Å². The van der Waals surface area contributed by atoms with E-state index in [2.05, 4.69) is 20.8 Å². The van der Waals surface area contributed by atoms with E-state index >= 15 is 0 Å². The lowest BCUT2D eigenvalue weighted by Crippen LogP contribution is -2.34. The zero-order chi connectivity index (χ0) is 18.8. The van der Waals surface area contributed by atoms with Crippen molar-refractivity contribution in [1.82, 2.24) is 10.2 Å². The first kappa shape index (κ1) is 17.2. The van der Waals surface area contributed by atoms with Gasteiger partial charge in [0, 0.05) is 29.5 Å². The van der Waals surface area contributed by atoms with Crippen LogP contribution in [0.4, 0.5) is 11.4 Å². The number of carbonyl (C=O) groups excluding carboxylic acids is 2. The number of carbonyl (C=O) groups is 2. The Morgan fingerprint density at radius 2 is 2.22 bits per heavy atom. The molecule has 3 aromatic rings. The number of rotatable bonds is 5. The van der Waals surface area contributed by atoms with Crippen molar-refractivity contribution in [3.05, 3.63) is 40.9 Å². The Kier molecular flexibility index (Phi) is 4.59. The van der Waals surface area contributed by atoms with Gasteiger partial charge in [0.25, 0.3) is 5.91 Å². The lowest BCUT2D eigenvalue weighted by molar-refractivity contribution is -0.122. The third kappa shape index (κ3) is 3.82. The van der Waals surface area contributed by atoms with Crippen LogP contribution in [0, 0.1) is 0 Å². The predicted molar refractivity (Wildman–Crippen MR) is 99.7 cm³/mol. The lowest BCUT2D eigenvalue weighted by Gasteiger charge is -2.23. The second-order valence-corrected chi connectivity index (χ2v) is 6.80. The normalized spacial score (nSPS) is 15.6. The molecule has 3 heterocycles. The summed E-state index contributed by atoms with van der Waals surface area (Å²) < 4.78 is 11.1. The number of anilines is 2. The Labute approximate surface area is 158 Å². The molecule has 0 radical (unpaired) electrons. The van der Waals surface area contributed by atoms with Crippen LogP contribution in [0.15, 0.2) is 39.4 Å². The molecule has 1 aliphatic heterocycles. The van der Waals surface area contributed by atoms with Gasteiger partial charge in [0.1, 0.15) is 5.75 Å². The molecule has 0 bridgehead atoms. The van der Waals surface area contributed by atoms with Gasteiger partial charge in [-0.1, -0.05) is 0 Å². The molecule has 27 heavy (non-hydrogen) atoms. The average Bonchev–Trinajstić information content (AvgIpc) is 3.33. The fourth-order valence-corrected chi connectivity index (χ4v) is 3.22. The first-order valence-corrected chi connectivity index (χ1v) is 9.29. The molecule has 138 valence electrons. The molecule has 0 fully saturated rings. The van der Waals surface area contributed by atoms with Gasteiger partial charge in [0.15, 0.2) is 6.10 Å². The van der Waals surface area contributed by atoms with Crippen molar-refractivity contribution in [2.75, 3.05) is 10.6 Å². The largest absolute Gasteiger partial charge is 0.479 e. The fraction of sp³-hybridized carbons (Fsp3) is 0.222. The quantitative estimate of drug-likeness (QED) is 0.700.